The third-order valence-electron chi connectivity index (χ3n) is 4.00. The summed E-state index contributed by atoms with van der Waals surface area (Å²) in [6, 6.07) is -0.102. The van der Waals surface area contributed by atoms with Crippen molar-refractivity contribution in [3.63, 3.8) is 0 Å². The van der Waals surface area contributed by atoms with Gasteiger partial charge in [0.15, 0.2) is 0 Å². The number of likely N-dealkylation sites (N-methyl/N-ethyl adjacent to an activating group) is 1. The van der Waals surface area contributed by atoms with Crippen LogP contribution < -0.4 is 0 Å². The Morgan fingerprint density at radius 2 is 1.82 bits per heavy atom. The van der Waals surface area contributed by atoms with Gasteiger partial charge in [-0.25, -0.2) is 0 Å². The molecule has 0 aromatic heterocycles. The number of aliphatic hydroxyl groups is 2. The number of hydrogen-bond donors (Lipinski definition) is 2. The van der Waals surface area contributed by atoms with E-state index in [1.807, 2.05) is 14.0 Å². The predicted octanol–water partition coefficient (Wildman–Crippen LogP) is 1.56. The maximum absolute atomic E-state index is 10.3. The van der Waals surface area contributed by atoms with Crippen LogP contribution in [0.5, 0.6) is 0 Å². The summed E-state index contributed by atoms with van der Waals surface area (Å²) in [5.74, 6) is 0.421. The minimum Gasteiger partial charge on any atom is -0.390 e. The maximum Gasteiger partial charge on any atom is 0.0979 e. The molecule has 0 spiro atoms. The van der Waals surface area contributed by atoms with Crippen molar-refractivity contribution in [3.8, 4) is 0 Å². The quantitative estimate of drug-likeness (QED) is 0.697. The van der Waals surface area contributed by atoms with E-state index in [0.29, 0.717) is 12.3 Å². The van der Waals surface area contributed by atoms with Gasteiger partial charge >= 0.3 is 0 Å². The van der Waals surface area contributed by atoms with Gasteiger partial charge in [-0.2, -0.15) is 5.06 Å². The third-order valence-corrected chi connectivity index (χ3v) is 4.00. The fourth-order valence-corrected chi connectivity index (χ4v) is 2.86. The van der Waals surface area contributed by atoms with E-state index in [1.165, 1.54) is 19.3 Å². The van der Waals surface area contributed by atoms with Gasteiger partial charge in [-0.3, -0.25) is 0 Å². The van der Waals surface area contributed by atoms with Gasteiger partial charge in [-0.15, -0.1) is 0 Å². The zero-order valence-electron chi connectivity index (χ0n) is 11.3. The lowest BCUT2D eigenvalue weighted by molar-refractivity contribution is -0.196. The van der Waals surface area contributed by atoms with Crippen molar-refractivity contribution < 1.29 is 15.1 Å². The highest BCUT2D eigenvalue weighted by atomic mass is 16.7. The predicted molar refractivity (Wildman–Crippen MR) is 67.4 cm³/mol. The molecule has 0 saturated heterocycles. The van der Waals surface area contributed by atoms with Crippen LogP contribution >= 0.6 is 0 Å². The first kappa shape index (κ1) is 14.9. The SMILES string of the molecule is CCC(O)C(O)C(C1CCCCC1)N(C)OC. The van der Waals surface area contributed by atoms with Gasteiger partial charge in [0.1, 0.15) is 0 Å². The first-order valence-corrected chi connectivity index (χ1v) is 6.74. The van der Waals surface area contributed by atoms with Crippen molar-refractivity contribution in [1.82, 2.24) is 5.06 Å². The molecule has 2 N–H and O–H groups in total. The number of aliphatic hydroxyl groups excluding tert-OH is 2. The van der Waals surface area contributed by atoms with Crippen LogP contribution in [-0.4, -0.2) is 47.7 Å². The third kappa shape index (κ3) is 3.91. The summed E-state index contributed by atoms with van der Waals surface area (Å²) in [6.07, 6.45) is 5.13. The molecule has 0 aliphatic heterocycles. The zero-order valence-corrected chi connectivity index (χ0v) is 11.3. The molecule has 1 fully saturated rings. The Hall–Kier alpha value is -0.160. The van der Waals surface area contributed by atoms with Gasteiger partial charge in [-0.1, -0.05) is 26.2 Å². The lowest BCUT2D eigenvalue weighted by atomic mass is 9.80. The van der Waals surface area contributed by atoms with Gasteiger partial charge in [0.05, 0.1) is 25.4 Å². The molecule has 0 heterocycles. The van der Waals surface area contributed by atoms with Gasteiger partial charge in [0, 0.05) is 7.05 Å². The fraction of sp³-hybridized carbons (Fsp3) is 1.00. The number of hydroxylamine groups is 2. The topological polar surface area (TPSA) is 52.9 Å². The highest BCUT2D eigenvalue weighted by Crippen LogP contribution is 2.31. The molecule has 1 rings (SSSR count). The molecule has 0 radical (unpaired) electrons. The summed E-state index contributed by atoms with van der Waals surface area (Å²) in [5.41, 5.74) is 0. The summed E-state index contributed by atoms with van der Waals surface area (Å²) < 4.78 is 0. The van der Waals surface area contributed by atoms with Crippen LogP contribution in [-0.2, 0) is 4.84 Å². The van der Waals surface area contributed by atoms with Crippen LogP contribution in [0.1, 0.15) is 45.4 Å². The van der Waals surface area contributed by atoms with E-state index in [9.17, 15) is 10.2 Å². The first-order chi connectivity index (χ1) is 8.11. The molecule has 0 amide bonds. The molecule has 4 nitrogen and oxygen atoms in total. The Morgan fingerprint density at radius 3 is 2.29 bits per heavy atom. The minimum absolute atomic E-state index is 0.102. The van der Waals surface area contributed by atoms with Crippen LogP contribution in [0.25, 0.3) is 0 Å². The molecule has 0 aromatic rings. The normalized spacial score (nSPS) is 23.6. The summed E-state index contributed by atoms with van der Waals surface area (Å²) >= 11 is 0. The highest BCUT2D eigenvalue weighted by molar-refractivity contribution is 4.87. The molecule has 1 aliphatic carbocycles. The fourth-order valence-electron chi connectivity index (χ4n) is 2.86. The van der Waals surface area contributed by atoms with Crippen molar-refractivity contribution >= 4 is 0 Å². The molecule has 102 valence electrons. The Labute approximate surface area is 105 Å². The summed E-state index contributed by atoms with van der Waals surface area (Å²) in [6.45, 7) is 1.89. The zero-order chi connectivity index (χ0) is 12.8. The highest BCUT2D eigenvalue weighted by Gasteiger charge is 2.36. The molecule has 3 atom stereocenters. The van der Waals surface area contributed by atoms with E-state index < -0.39 is 12.2 Å². The molecule has 17 heavy (non-hydrogen) atoms. The van der Waals surface area contributed by atoms with E-state index in [-0.39, 0.29) is 6.04 Å². The van der Waals surface area contributed by atoms with Gasteiger partial charge < -0.3 is 15.1 Å². The molecular formula is C13H27NO3. The molecule has 1 aliphatic rings. The van der Waals surface area contributed by atoms with Crippen molar-refractivity contribution in [1.29, 1.82) is 0 Å². The van der Waals surface area contributed by atoms with E-state index >= 15 is 0 Å². The molecule has 1 saturated carbocycles. The minimum atomic E-state index is -0.729. The van der Waals surface area contributed by atoms with Crippen LogP contribution in [0.4, 0.5) is 0 Å². The molecule has 0 aromatic carbocycles. The second-order valence-corrected chi connectivity index (χ2v) is 5.08. The number of nitrogens with zero attached hydrogens (tertiary/aromatic N) is 1. The van der Waals surface area contributed by atoms with Crippen LogP contribution in [0.2, 0.25) is 0 Å². The average Bonchev–Trinajstić information content (AvgIpc) is 2.38. The summed E-state index contributed by atoms with van der Waals surface area (Å²) in [5, 5.41) is 21.8. The lowest BCUT2D eigenvalue weighted by Gasteiger charge is -2.39. The second-order valence-electron chi connectivity index (χ2n) is 5.08. The van der Waals surface area contributed by atoms with E-state index in [4.69, 9.17) is 4.84 Å². The lowest BCUT2D eigenvalue weighted by Crippen LogP contribution is -2.51. The van der Waals surface area contributed by atoms with E-state index in [2.05, 4.69) is 0 Å². The van der Waals surface area contributed by atoms with E-state index in [1.54, 1.807) is 12.2 Å². The van der Waals surface area contributed by atoms with Crippen LogP contribution in [0, 0.1) is 5.92 Å². The smallest absolute Gasteiger partial charge is 0.0979 e. The maximum atomic E-state index is 10.3. The van der Waals surface area contributed by atoms with Gasteiger partial charge in [0.2, 0.25) is 0 Å². The van der Waals surface area contributed by atoms with Crippen molar-refractivity contribution in [2.45, 2.75) is 63.7 Å². The second kappa shape index (κ2) is 7.31. The van der Waals surface area contributed by atoms with Crippen LogP contribution in [0.15, 0.2) is 0 Å². The Bertz CT molecular complexity index is 205. The Kier molecular flexibility index (Phi) is 6.41. The summed E-state index contributed by atoms with van der Waals surface area (Å²) in [4.78, 5) is 5.24. The van der Waals surface area contributed by atoms with Crippen molar-refractivity contribution in [2.24, 2.45) is 5.92 Å². The van der Waals surface area contributed by atoms with Crippen molar-refractivity contribution in [2.75, 3.05) is 14.2 Å². The first-order valence-electron chi connectivity index (χ1n) is 6.74. The monoisotopic (exact) mass is 245 g/mol. The van der Waals surface area contributed by atoms with Gasteiger partial charge in [0.25, 0.3) is 0 Å². The Balaban J connectivity index is 2.71. The van der Waals surface area contributed by atoms with E-state index in [0.717, 1.165) is 12.8 Å². The van der Waals surface area contributed by atoms with Crippen molar-refractivity contribution in [3.05, 3.63) is 0 Å². The molecular weight excluding hydrogens is 218 g/mol. The molecule has 3 unspecified atom stereocenters. The average molecular weight is 245 g/mol. The Morgan fingerprint density at radius 1 is 1.24 bits per heavy atom. The summed E-state index contributed by atoms with van der Waals surface area (Å²) in [7, 11) is 3.45. The van der Waals surface area contributed by atoms with Crippen LogP contribution in [0.3, 0.4) is 0 Å². The number of rotatable bonds is 6. The standard InChI is InChI=1S/C13H27NO3/c1-4-11(15)13(16)12(14(2)17-3)10-8-6-5-7-9-10/h10-13,15-16H,4-9H2,1-3H3. The number of hydrogen-bond acceptors (Lipinski definition) is 4. The largest absolute Gasteiger partial charge is 0.390 e. The van der Waals surface area contributed by atoms with Gasteiger partial charge in [-0.05, 0) is 25.2 Å². The molecule has 4 heteroatoms. The molecule has 0 bridgehead atoms.